The van der Waals surface area contributed by atoms with E-state index in [2.05, 4.69) is 24.0 Å². The number of nitrogens with zero attached hydrogens (tertiary/aromatic N) is 1. The Morgan fingerprint density at radius 1 is 1.30 bits per heavy atom. The zero-order valence-electron chi connectivity index (χ0n) is 12.8. The van der Waals surface area contributed by atoms with Crippen LogP contribution >= 0.6 is 0 Å². The first-order valence-corrected chi connectivity index (χ1v) is 7.87. The van der Waals surface area contributed by atoms with E-state index in [1.54, 1.807) is 7.11 Å². The molecule has 1 heterocycles. The van der Waals surface area contributed by atoms with Crippen LogP contribution < -0.4 is 10.5 Å². The molecule has 0 aromatic heterocycles. The Bertz CT molecular complexity index is 400. The van der Waals surface area contributed by atoms with Gasteiger partial charge in [-0.05, 0) is 37.9 Å². The second kappa shape index (κ2) is 7.65. The van der Waals surface area contributed by atoms with E-state index in [1.165, 1.54) is 31.2 Å². The van der Waals surface area contributed by atoms with Gasteiger partial charge in [-0.1, -0.05) is 38.0 Å². The summed E-state index contributed by atoms with van der Waals surface area (Å²) in [7, 11) is 1.74. The van der Waals surface area contributed by atoms with Crippen molar-refractivity contribution in [1.82, 2.24) is 4.90 Å². The van der Waals surface area contributed by atoms with Crippen molar-refractivity contribution in [1.29, 1.82) is 0 Å². The fourth-order valence-corrected chi connectivity index (χ4v) is 3.38. The van der Waals surface area contributed by atoms with Crippen molar-refractivity contribution >= 4 is 0 Å². The molecule has 3 nitrogen and oxygen atoms in total. The SMILES string of the molecule is CCCC1CCN(C(CN)c2ccccc2OC)CC1. The molecule has 0 spiro atoms. The average Bonchev–Trinajstić information content (AvgIpc) is 2.50. The Morgan fingerprint density at radius 3 is 2.60 bits per heavy atom. The standard InChI is InChI=1S/C17H28N2O/c1-3-6-14-9-11-19(12-10-14)16(13-18)15-7-4-5-8-17(15)20-2/h4-5,7-8,14,16H,3,6,9-13,18H2,1-2H3. The summed E-state index contributed by atoms with van der Waals surface area (Å²) in [5.74, 6) is 1.87. The molecule has 1 aliphatic rings. The molecule has 0 aliphatic carbocycles. The first kappa shape index (κ1) is 15.3. The molecule has 112 valence electrons. The lowest BCUT2D eigenvalue weighted by atomic mass is 9.90. The van der Waals surface area contributed by atoms with Crippen LogP contribution in [0.3, 0.4) is 0 Å². The number of methoxy groups -OCH3 is 1. The number of piperidine rings is 1. The maximum atomic E-state index is 6.06. The van der Waals surface area contributed by atoms with Gasteiger partial charge in [0.05, 0.1) is 13.2 Å². The van der Waals surface area contributed by atoms with Crippen LogP contribution in [0.1, 0.15) is 44.2 Å². The number of hydrogen-bond donors (Lipinski definition) is 1. The van der Waals surface area contributed by atoms with Gasteiger partial charge in [0.2, 0.25) is 0 Å². The van der Waals surface area contributed by atoms with Gasteiger partial charge in [-0.2, -0.15) is 0 Å². The van der Waals surface area contributed by atoms with Crippen molar-refractivity contribution in [3.63, 3.8) is 0 Å². The Labute approximate surface area is 123 Å². The highest BCUT2D eigenvalue weighted by atomic mass is 16.5. The fraction of sp³-hybridized carbons (Fsp3) is 0.647. The van der Waals surface area contributed by atoms with Crippen LogP contribution in [0.15, 0.2) is 24.3 Å². The third kappa shape index (κ3) is 3.53. The van der Waals surface area contributed by atoms with E-state index < -0.39 is 0 Å². The molecule has 1 unspecified atom stereocenters. The van der Waals surface area contributed by atoms with Gasteiger partial charge in [-0.15, -0.1) is 0 Å². The smallest absolute Gasteiger partial charge is 0.123 e. The van der Waals surface area contributed by atoms with E-state index in [0.717, 1.165) is 24.8 Å². The first-order valence-electron chi connectivity index (χ1n) is 7.87. The van der Waals surface area contributed by atoms with E-state index in [0.29, 0.717) is 6.54 Å². The maximum absolute atomic E-state index is 6.06. The number of para-hydroxylation sites is 1. The molecule has 3 heteroatoms. The molecule has 0 saturated carbocycles. The molecule has 1 atom stereocenters. The van der Waals surface area contributed by atoms with Crippen LogP contribution in [0.2, 0.25) is 0 Å². The fourth-order valence-electron chi connectivity index (χ4n) is 3.38. The second-order valence-corrected chi connectivity index (χ2v) is 5.76. The molecule has 2 rings (SSSR count). The van der Waals surface area contributed by atoms with Gasteiger partial charge in [0.1, 0.15) is 5.75 Å². The lowest BCUT2D eigenvalue weighted by Gasteiger charge is -2.37. The Kier molecular flexibility index (Phi) is 5.86. The summed E-state index contributed by atoms with van der Waals surface area (Å²) in [5, 5.41) is 0. The number of benzene rings is 1. The van der Waals surface area contributed by atoms with Crippen LogP contribution in [0.4, 0.5) is 0 Å². The normalized spacial score (nSPS) is 18.9. The van der Waals surface area contributed by atoms with Crippen molar-refractivity contribution in [3.05, 3.63) is 29.8 Å². The van der Waals surface area contributed by atoms with Gasteiger partial charge in [0.15, 0.2) is 0 Å². The average molecular weight is 276 g/mol. The highest BCUT2D eigenvalue weighted by Crippen LogP contribution is 2.32. The van der Waals surface area contributed by atoms with E-state index in [9.17, 15) is 0 Å². The quantitative estimate of drug-likeness (QED) is 0.867. The summed E-state index contributed by atoms with van der Waals surface area (Å²) in [6.45, 7) is 5.25. The lowest BCUT2D eigenvalue weighted by Crippen LogP contribution is -2.40. The molecule has 2 N–H and O–H groups in total. The van der Waals surface area contributed by atoms with Crippen molar-refractivity contribution in [2.45, 2.75) is 38.6 Å². The molecular formula is C17H28N2O. The molecule has 1 fully saturated rings. The number of ether oxygens (including phenoxy) is 1. The zero-order valence-corrected chi connectivity index (χ0v) is 12.8. The summed E-state index contributed by atoms with van der Waals surface area (Å²) >= 11 is 0. The minimum absolute atomic E-state index is 0.286. The van der Waals surface area contributed by atoms with Gasteiger partial charge >= 0.3 is 0 Å². The van der Waals surface area contributed by atoms with E-state index >= 15 is 0 Å². The van der Waals surface area contributed by atoms with Crippen molar-refractivity contribution in [2.24, 2.45) is 11.7 Å². The summed E-state index contributed by atoms with van der Waals surface area (Å²) < 4.78 is 5.50. The number of nitrogens with two attached hydrogens (primary N) is 1. The molecule has 0 radical (unpaired) electrons. The Morgan fingerprint density at radius 2 is 2.00 bits per heavy atom. The van der Waals surface area contributed by atoms with Crippen LogP contribution in [-0.4, -0.2) is 31.6 Å². The van der Waals surface area contributed by atoms with Crippen molar-refractivity contribution in [3.8, 4) is 5.75 Å². The molecule has 20 heavy (non-hydrogen) atoms. The van der Waals surface area contributed by atoms with Gasteiger partial charge in [0.25, 0.3) is 0 Å². The summed E-state index contributed by atoms with van der Waals surface area (Å²) in [6.07, 6.45) is 5.28. The van der Waals surface area contributed by atoms with Gasteiger partial charge < -0.3 is 10.5 Å². The van der Waals surface area contributed by atoms with Crippen LogP contribution in [-0.2, 0) is 0 Å². The minimum Gasteiger partial charge on any atom is -0.496 e. The van der Waals surface area contributed by atoms with Crippen molar-refractivity contribution in [2.75, 3.05) is 26.7 Å². The lowest BCUT2D eigenvalue weighted by molar-refractivity contribution is 0.130. The zero-order chi connectivity index (χ0) is 14.4. The Hall–Kier alpha value is -1.06. The molecular weight excluding hydrogens is 248 g/mol. The van der Waals surface area contributed by atoms with Crippen LogP contribution in [0, 0.1) is 5.92 Å². The van der Waals surface area contributed by atoms with E-state index in [4.69, 9.17) is 10.5 Å². The first-order chi connectivity index (χ1) is 9.80. The van der Waals surface area contributed by atoms with Crippen molar-refractivity contribution < 1.29 is 4.74 Å². The molecule has 1 saturated heterocycles. The molecule has 1 aliphatic heterocycles. The van der Waals surface area contributed by atoms with Crippen LogP contribution in [0.25, 0.3) is 0 Å². The van der Waals surface area contributed by atoms with E-state index in [1.807, 2.05) is 12.1 Å². The highest BCUT2D eigenvalue weighted by molar-refractivity contribution is 5.36. The predicted molar refractivity (Wildman–Crippen MR) is 84.0 cm³/mol. The van der Waals surface area contributed by atoms with E-state index in [-0.39, 0.29) is 6.04 Å². The molecule has 0 amide bonds. The third-order valence-corrected chi connectivity index (χ3v) is 4.51. The number of rotatable bonds is 6. The molecule has 0 bridgehead atoms. The summed E-state index contributed by atoms with van der Waals surface area (Å²) in [4.78, 5) is 2.53. The third-order valence-electron chi connectivity index (χ3n) is 4.51. The number of likely N-dealkylation sites (tertiary alicyclic amines) is 1. The highest BCUT2D eigenvalue weighted by Gasteiger charge is 2.26. The molecule has 1 aromatic carbocycles. The second-order valence-electron chi connectivity index (χ2n) is 5.76. The van der Waals surface area contributed by atoms with Crippen LogP contribution in [0.5, 0.6) is 5.75 Å². The summed E-state index contributed by atoms with van der Waals surface area (Å²) in [5.41, 5.74) is 7.28. The number of hydrogen-bond acceptors (Lipinski definition) is 3. The summed E-state index contributed by atoms with van der Waals surface area (Å²) in [6, 6.07) is 8.55. The molecule has 1 aromatic rings. The Balaban J connectivity index is 2.06. The van der Waals surface area contributed by atoms with Gasteiger partial charge in [-0.3, -0.25) is 4.90 Å². The van der Waals surface area contributed by atoms with Gasteiger partial charge in [-0.25, -0.2) is 0 Å². The topological polar surface area (TPSA) is 38.5 Å². The van der Waals surface area contributed by atoms with Gasteiger partial charge in [0, 0.05) is 12.1 Å². The minimum atomic E-state index is 0.286. The monoisotopic (exact) mass is 276 g/mol. The predicted octanol–water partition coefficient (Wildman–Crippen LogP) is 3.21. The largest absolute Gasteiger partial charge is 0.496 e. The maximum Gasteiger partial charge on any atom is 0.123 e.